The van der Waals surface area contributed by atoms with Gasteiger partial charge < -0.3 is 15.2 Å². The van der Waals surface area contributed by atoms with Crippen LogP contribution in [0.25, 0.3) is 0 Å². The maximum absolute atomic E-state index is 7.44. The molecule has 3 rings (SSSR count). The second-order valence-electron chi connectivity index (χ2n) is 4.20. The maximum Gasteiger partial charge on any atom is 0.162 e. The molecule has 1 aliphatic heterocycles. The molecule has 0 radical (unpaired) electrons. The van der Waals surface area contributed by atoms with E-state index in [0.29, 0.717) is 18.8 Å². The lowest BCUT2D eigenvalue weighted by atomic mass is 10.2. The highest BCUT2D eigenvalue weighted by Crippen LogP contribution is 2.36. The van der Waals surface area contributed by atoms with Crippen molar-refractivity contribution >= 4 is 17.6 Å². The minimum absolute atomic E-state index is 0.0384. The van der Waals surface area contributed by atoms with Crippen molar-refractivity contribution < 1.29 is 9.47 Å². The van der Waals surface area contributed by atoms with Gasteiger partial charge in [-0.15, -0.1) is 0 Å². The summed E-state index contributed by atoms with van der Waals surface area (Å²) in [5, 5.41) is 8.23. The average molecular weight is 287 g/mol. The molecule has 2 heterocycles. The highest BCUT2D eigenvalue weighted by molar-refractivity contribution is 7.99. The van der Waals surface area contributed by atoms with Crippen LogP contribution in [0.15, 0.2) is 46.5 Å². The van der Waals surface area contributed by atoms with Gasteiger partial charge in [0.2, 0.25) is 0 Å². The van der Waals surface area contributed by atoms with Crippen LogP contribution in [-0.2, 0) is 0 Å². The van der Waals surface area contributed by atoms with E-state index in [1.807, 2.05) is 18.2 Å². The first-order valence-corrected chi connectivity index (χ1v) is 6.92. The molecule has 0 unspecified atom stereocenters. The molecule has 1 aromatic heterocycles. The average Bonchev–Trinajstić information content (AvgIpc) is 2.47. The number of hydrogen-bond donors (Lipinski definition) is 2. The molecule has 6 heteroatoms. The minimum atomic E-state index is 0.0384. The Labute approximate surface area is 120 Å². The van der Waals surface area contributed by atoms with Gasteiger partial charge in [0.15, 0.2) is 11.5 Å². The van der Waals surface area contributed by atoms with Crippen LogP contribution < -0.4 is 15.2 Å². The number of nitrogens with two attached hydrogens (primary N) is 1. The van der Waals surface area contributed by atoms with Gasteiger partial charge in [-0.05, 0) is 30.3 Å². The van der Waals surface area contributed by atoms with Gasteiger partial charge in [-0.3, -0.25) is 5.41 Å². The van der Waals surface area contributed by atoms with E-state index < -0.39 is 0 Å². The standard InChI is InChI=1S/C14H13N3O2S/c15-14(16)9-3-4-17-13(7-9)20-10-1-2-11-12(8-10)19-6-5-18-11/h1-4,7-8H,5-6H2,(H3,15,16). The molecule has 1 aliphatic rings. The van der Waals surface area contributed by atoms with Gasteiger partial charge in [0.1, 0.15) is 24.1 Å². The Bertz CT molecular complexity index is 661. The molecule has 3 N–H and O–H groups in total. The van der Waals surface area contributed by atoms with Crippen molar-refractivity contribution in [3.8, 4) is 11.5 Å². The van der Waals surface area contributed by atoms with E-state index in [9.17, 15) is 0 Å². The molecular formula is C14H13N3O2S. The zero-order valence-electron chi connectivity index (χ0n) is 10.6. The molecule has 5 nitrogen and oxygen atoms in total. The van der Waals surface area contributed by atoms with E-state index >= 15 is 0 Å². The van der Waals surface area contributed by atoms with Crippen molar-refractivity contribution in [2.24, 2.45) is 5.73 Å². The number of nitrogens with one attached hydrogen (secondary N) is 1. The zero-order chi connectivity index (χ0) is 13.9. The molecule has 0 aliphatic carbocycles. The van der Waals surface area contributed by atoms with Crippen molar-refractivity contribution in [2.45, 2.75) is 9.92 Å². The summed E-state index contributed by atoms with van der Waals surface area (Å²) in [5.74, 6) is 1.56. The van der Waals surface area contributed by atoms with Crippen molar-refractivity contribution in [3.05, 3.63) is 42.1 Å². The van der Waals surface area contributed by atoms with Gasteiger partial charge >= 0.3 is 0 Å². The monoisotopic (exact) mass is 287 g/mol. The third-order valence-corrected chi connectivity index (χ3v) is 3.70. The molecule has 0 saturated carbocycles. The second-order valence-corrected chi connectivity index (χ2v) is 5.30. The van der Waals surface area contributed by atoms with Gasteiger partial charge in [-0.1, -0.05) is 11.8 Å². The SMILES string of the molecule is N=C(N)c1ccnc(Sc2ccc3c(c2)OCCO3)c1. The van der Waals surface area contributed by atoms with Gasteiger partial charge in [-0.25, -0.2) is 4.98 Å². The molecule has 0 saturated heterocycles. The number of nitrogens with zero attached hydrogens (tertiary/aromatic N) is 1. The van der Waals surface area contributed by atoms with E-state index in [4.69, 9.17) is 20.6 Å². The Morgan fingerprint density at radius 3 is 2.75 bits per heavy atom. The topological polar surface area (TPSA) is 81.2 Å². The molecule has 20 heavy (non-hydrogen) atoms. The zero-order valence-corrected chi connectivity index (χ0v) is 11.4. The van der Waals surface area contributed by atoms with Crippen molar-refractivity contribution in [1.29, 1.82) is 5.41 Å². The Hall–Kier alpha value is -2.21. The van der Waals surface area contributed by atoms with E-state index in [0.717, 1.165) is 21.4 Å². The number of amidine groups is 1. The first kappa shape index (κ1) is 12.8. The van der Waals surface area contributed by atoms with E-state index in [1.54, 1.807) is 18.3 Å². The summed E-state index contributed by atoms with van der Waals surface area (Å²) < 4.78 is 11.0. The number of hydrogen-bond acceptors (Lipinski definition) is 5. The summed E-state index contributed by atoms with van der Waals surface area (Å²) in [6.45, 7) is 1.15. The van der Waals surface area contributed by atoms with Crippen molar-refractivity contribution in [2.75, 3.05) is 13.2 Å². The predicted octanol–water partition coefficient (Wildman–Crippen LogP) is 2.29. The van der Waals surface area contributed by atoms with Crippen LogP contribution in [0, 0.1) is 5.41 Å². The molecule has 0 atom stereocenters. The van der Waals surface area contributed by atoms with Gasteiger partial charge in [-0.2, -0.15) is 0 Å². The normalized spacial score (nSPS) is 13.0. The predicted molar refractivity (Wildman–Crippen MR) is 76.8 cm³/mol. The molecular weight excluding hydrogens is 274 g/mol. The van der Waals surface area contributed by atoms with Crippen LogP contribution in [0.2, 0.25) is 0 Å². The minimum Gasteiger partial charge on any atom is -0.486 e. The summed E-state index contributed by atoms with van der Waals surface area (Å²) in [6.07, 6.45) is 1.65. The molecule has 0 spiro atoms. The van der Waals surface area contributed by atoms with Crippen LogP contribution in [0.4, 0.5) is 0 Å². The van der Waals surface area contributed by atoms with E-state index in [2.05, 4.69) is 4.98 Å². The van der Waals surface area contributed by atoms with E-state index in [1.165, 1.54) is 11.8 Å². The second kappa shape index (κ2) is 5.42. The number of nitrogen functional groups attached to an aromatic ring is 1. The first-order chi connectivity index (χ1) is 9.72. The fraction of sp³-hybridized carbons (Fsp3) is 0.143. The number of fused-ring (bicyclic) bond motifs is 1. The Balaban J connectivity index is 1.84. The smallest absolute Gasteiger partial charge is 0.162 e. The number of pyridine rings is 1. The highest BCUT2D eigenvalue weighted by atomic mass is 32.2. The van der Waals surface area contributed by atoms with Crippen molar-refractivity contribution in [3.63, 3.8) is 0 Å². The lowest BCUT2D eigenvalue weighted by molar-refractivity contribution is 0.171. The highest BCUT2D eigenvalue weighted by Gasteiger charge is 2.12. The van der Waals surface area contributed by atoms with Crippen LogP contribution >= 0.6 is 11.8 Å². The number of aromatic nitrogens is 1. The fourth-order valence-electron chi connectivity index (χ4n) is 1.84. The van der Waals surface area contributed by atoms with Crippen LogP contribution in [0.1, 0.15) is 5.56 Å². The third-order valence-electron chi connectivity index (χ3n) is 2.78. The number of benzene rings is 1. The molecule has 1 aromatic carbocycles. The Morgan fingerprint density at radius 1 is 1.15 bits per heavy atom. The third kappa shape index (κ3) is 2.70. The quantitative estimate of drug-likeness (QED) is 0.668. The first-order valence-electron chi connectivity index (χ1n) is 6.10. The van der Waals surface area contributed by atoms with Crippen molar-refractivity contribution in [1.82, 2.24) is 4.98 Å². The molecule has 0 bridgehead atoms. The van der Waals surface area contributed by atoms with Gasteiger partial charge in [0, 0.05) is 16.7 Å². The fourth-order valence-corrected chi connectivity index (χ4v) is 2.68. The number of ether oxygens (including phenoxy) is 2. The van der Waals surface area contributed by atoms with Crippen LogP contribution in [0.5, 0.6) is 11.5 Å². The Morgan fingerprint density at radius 2 is 1.95 bits per heavy atom. The van der Waals surface area contributed by atoms with Gasteiger partial charge in [0.25, 0.3) is 0 Å². The molecule has 2 aromatic rings. The number of rotatable bonds is 3. The summed E-state index contributed by atoms with van der Waals surface area (Å²) in [7, 11) is 0. The van der Waals surface area contributed by atoms with E-state index in [-0.39, 0.29) is 5.84 Å². The summed E-state index contributed by atoms with van der Waals surface area (Å²) in [6, 6.07) is 9.30. The lowest BCUT2D eigenvalue weighted by Crippen LogP contribution is -2.15. The van der Waals surface area contributed by atoms with Crippen LogP contribution in [0.3, 0.4) is 0 Å². The largest absolute Gasteiger partial charge is 0.486 e. The lowest BCUT2D eigenvalue weighted by Gasteiger charge is -2.18. The van der Waals surface area contributed by atoms with Gasteiger partial charge in [0.05, 0.1) is 0 Å². The molecule has 102 valence electrons. The van der Waals surface area contributed by atoms with Crippen LogP contribution in [-0.4, -0.2) is 24.0 Å². The Kier molecular flexibility index (Phi) is 3.47. The molecule has 0 fully saturated rings. The summed E-state index contributed by atoms with van der Waals surface area (Å²) in [4.78, 5) is 5.27. The maximum atomic E-state index is 7.44. The summed E-state index contributed by atoms with van der Waals surface area (Å²) in [5.41, 5.74) is 6.14. The summed E-state index contributed by atoms with van der Waals surface area (Å²) >= 11 is 1.49. The molecule has 0 amide bonds.